The lowest BCUT2D eigenvalue weighted by atomic mass is 10.0. The van der Waals surface area contributed by atoms with E-state index >= 15 is 0 Å². The molecule has 2 aromatic rings. The average Bonchev–Trinajstić information content (AvgIpc) is 2.51. The molecule has 2 aromatic carbocycles. The summed E-state index contributed by atoms with van der Waals surface area (Å²) in [7, 11) is 3.89. The first kappa shape index (κ1) is 16.6. The molecule has 0 aliphatic rings. The Balaban J connectivity index is 2.32. The summed E-state index contributed by atoms with van der Waals surface area (Å²) in [5.74, 6) is 0.0350. The average molecular weight is 323 g/mol. The van der Waals surface area contributed by atoms with E-state index in [2.05, 4.69) is 0 Å². The predicted molar refractivity (Wildman–Crippen MR) is 89.5 cm³/mol. The molecule has 5 heteroatoms. The number of anilines is 1. The van der Waals surface area contributed by atoms with Crippen molar-refractivity contribution in [1.29, 1.82) is 0 Å². The van der Waals surface area contributed by atoms with Crippen LogP contribution >= 0.6 is 11.6 Å². The lowest BCUT2D eigenvalue weighted by Gasteiger charge is -2.16. The zero-order valence-electron chi connectivity index (χ0n) is 12.9. The maximum Gasteiger partial charge on any atom is 0.181 e. The molecule has 0 aromatic heterocycles. The number of rotatable bonds is 5. The van der Waals surface area contributed by atoms with Gasteiger partial charge in [0.2, 0.25) is 0 Å². The number of hydrogen-bond acceptors (Lipinski definition) is 3. The number of halogens is 2. The number of nitrogens with zero attached hydrogens (tertiary/aromatic N) is 1. The van der Waals surface area contributed by atoms with Crippen LogP contribution in [0, 0.1) is 5.82 Å². The van der Waals surface area contributed by atoms with Crippen LogP contribution in [0.5, 0.6) is 11.5 Å². The highest BCUT2D eigenvalue weighted by Crippen LogP contribution is 2.36. The lowest BCUT2D eigenvalue weighted by Crippen LogP contribution is -2.11. The summed E-state index contributed by atoms with van der Waals surface area (Å²) in [6.07, 6.45) is 0.634. The van der Waals surface area contributed by atoms with Crippen LogP contribution in [0.15, 0.2) is 36.4 Å². The molecular formula is C17H20ClFN2O. The fourth-order valence-corrected chi connectivity index (χ4v) is 2.26. The van der Waals surface area contributed by atoms with Gasteiger partial charge in [0.25, 0.3) is 0 Å². The zero-order valence-corrected chi connectivity index (χ0v) is 13.7. The number of benzene rings is 2. The van der Waals surface area contributed by atoms with Gasteiger partial charge in [-0.15, -0.1) is 0 Å². The largest absolute Gasteiger partial charge is 0.453 e. The highest BCUT2D eigenvalue weighted by molar-refractivity contribution is 6.32. The molecule has 0 spiro atoms. The van der Waals surface area contributed by atoms with Crippen molar-refractivity contribution >= 4 is 17.3 Å². The Morgan fingerprint density at radius 3 is 2.36 bits per heavy atom. The van der Waals surface area contributed by atoms with Gasteiger partial charge in [-0.1, -0.05) is 24.6 Å². The van der Waals surface area contributed by atoms with Crippen molar-refractivity contribution in [2.75, 3.05) is 19.0 Å². The first-order valence-electron chi connectivity index (χ1n) is 7.12. The third-order valence-corrected chi connectivity index (χ3v) is 3.79. The predicted octanol–water partition coefficient (Wildman–Crippen LogP) is 4.75. The second-order valence-corrected chi connectivity index (χ2v) is 5.69. The van der Waals surface area contributed by atoms with Crippen LogP contribution in [-0.4, -0.2) is 14.1 Å². The SMILES string of the molecule is CC[C@@H](N)c1ccc(Cl)c(Oc2ccc(N(C)C)cc2)c1F. The third kappa shape index (κ3) is 3.51. The molecule has 0 radical (unpaired) electrons. The standard InChI is InChI=1S/C17H20ClFN2O/c1-4-15(20)13-9-10-14(18)17(16(13)19)22-12-7-5-11(6-8-12)21(2)3/h5-10,15H,4,20H2,1-3H3/t15-/m1/s1. The molecule has 0 saturated carbocycles. The molecule has 0 aliphatic carbocycles. The maximum atomic E-state index is 14.6. The normalized spacial score (nSPS) is 12.1. The molecule has 22 heavy (non-hydrogen) atoms. The smallest absolute Gasteiger partial charge is 0.181 e. The summed E-state index contributed by atoms with van der Waals surface area (Å²) in [6.45, 7) is 1.90. The van der Waals surface area contributed by atoms with E-state index in [1.54, 1.807) is 24.3 Å². The molecule has 3 nitrogen and oxygen atoms in total. The minimum atomic E-state index is -0.501. The fraction of sp³-hybridized carbons (Fsp3) is 0.294. The molecule has 118 valence electrons. The Kier molecular flexibility index (Phi) is 5.27. The highest BCUT2D eigenvalue weighted by atomic mass is 35.5. The Labute approximate surface area is 135 Å². The number of ether oxygens (including phenoxy) is 1. The molecule has 0 amide bonds. The van der Waals surface area contributed by atoms with Crippen molar-refractivity contribution in [2.45, 2.75) is 19.4 Å². The zero-order chi connectivity index (χ0) is 16.3. The van der Waals surface area contributed by atoms with Crippen molar-refractivity contribution in [3.63, 3.8) is 0 Å². The van der Waals surface area contributed by atoms with Gasteiger partial charge in [-0.2, -0.15) is 0 Å². The van der Waals surface area contributed by atoms with Crippen LogP contribution in [-0.2, 0) is 0 Å². The monoisotopic (exact) mass is 322 g/mol. The van der Waals surface area contributed by atoms with Crippen molar-refractivity contribution in [3.8, 4) is 11.5 Å². The van der Waals surface area contributed by atoms with E-state index in [9.17, 15) is 4.39 Å². The van der Waals surface area contributed by atoms with Gasteiger partial charge in [-0.25, -0.2) is 4.39 Å². The van der Waals surface area contributed by atoms with Gasteiger partial charge in [0, 0.05) is 31.4 Å². The van der Waals surface area contributed by atoms with E-state index in [0.717, 1.165) is 5.69 Å². The minimum absolute atomic E-state index is 0.0145. The first-order chi connectivity index (χ1) is 10.4. The quantitative estimate of drug-likeness (QED) is 0.863. The molecule has 1 atom stereocenters. The Morgan fingerprint density at radius 2 is 1.82 bits per heavy atom. The number of hydrogen-bond donors (Lipinski definition) is 1. The molecule has 2 N–H and O–H groups in total. The molecule has 2 rings (SSSR count). The topological polar surface area (TPSA) is 38.5 Å². The van der Waals surface area contributed by atoms with Crippen molar-refractivity contribution in [1.82, 2.24) is 0 Å². The summed E-state index contributed by atoms with van der Waals surface area (Å²) >= 11 is 6.07. The van der Waals surface area contributed by atoms with Crippen LogP contribution in [0.1, 0.15) is 24.9 Å². The van der Waals surface area contributed by atoms with Crippen LogP contribution in [0.4, 0.5) is 10.1 Å². The van der Waals surface area contributed by atoms with Crippen LogP contribution in [0.25, 0.3) is 0 Å². The van der Waals surface area contributed by atoms with Gasteiger partial charge in [-0.05, 0) is 36.8 Å². The summed E-state index contributed by atoms with van der Waals surface area (Å²) in [6, 6.07) is 10.2. The molecule has 0 saturated heterocycles. The van der Waals surface area contributed by atoms with E-state index in [-0.39, 0.29) is 16.8 Å². The van der Waals surface area contributed by atoms with E-state index in [0.29, 0.717) is 17.7 Å². The first-order valence-corrected chi connectivity index (χ1v) is 7.50. The fourth-order valence-electron chi connectivity index (χ4n) is 2.08. The second kappa shape index (κ2) is 6.99. The summed E-state index contributed by atoms with van der Waals surface area (Å²) in [5.41, 5.74) is 7.35. The third-order valence-electron chi connectivity index (χ3n) is 3.49. The molecule has 0 heterocycles. The Bertz CT molecular complexity index is 644. The van der Waals surface area contributed by atoms with Gasteiger partial charge in [-0.3, -0.25) is 0 Å². The summed E-state index contributed by atoms with van der Waals surface area (Å²) in [4.78, 5) is 1.97. The van der Waals surface area contributed by atoms with Gasteiger partial charge >= 0.3 is 0 Å². The minimum Gasteiger partial charge on any atom is -0.453 e. The van der Waals surface area contributed by atoms with Gasteiger partial charge in [0.1, 0.15) is 5.75 Å². The molecule has 0 fully saturated rings. The Hall–Kier alpha value is -1.78. The van der Waals surface area contributed by atoms with E-state index in [1.807, 2.05) is 38.1 Å². The van der Waals surface area contributed by atoms with Crippen LogP contribution in [0.2, 0.25) is 5.02 Å². The Morgan fingerprint density at radius 1 is 1.18 bits per heavy atom. The molecular weight excluding hydrogens is 303 g/mol. The van der Waals surface area contributed by atoms with E-state index in [4.69, 9.17) is 22.1 Å². The second-order valence-electron chi connectivity index (χ2n) is 5.28. The molecule has 0 unspecified atom stereocenters. The van der Waals surface area contributed by atoms with Crippen molar-refractivity contribution in [3.05, 3.63) is 52.8 Å². The van der Waals surface area contributed by atoms with E-state index < -0.39 is 5.82 Å². The van der Waals surface area contributed by atoms with Crippen molar-refractivity contribution < 1.29 is 9.13 Å². The lowest BCUT2D eigenvalue weighted by molar-refractivity contribution is 0.434. The molecule has 0 bridgehead atoms. The van der Waals surface area contributed by atoms with Crippen LogP contribution < -0.4 is 15.4 Å². The van der Waals surface area contributed by atoms with Crippen LogP contribution in [0.3, 0.4) is 0 Å². The van der Waals surface area contributed by atoms with Gasteiger partial charge in [0.15, 0.2) is 11.6 Å². The number of nitrogens with two attached hydrogens (primary N) is 1. The summed E-state index contributed by atoms with van der Waals surface area (Å²) in [5, 5.41) is 0.223. The van der Waals surface area contributed by atoms with E-state index in [1.165, 1.54) is 0 Å². The maximum absolute atomic E-state index is 14.6. The van der Waals surface area contributed by atoms with Gasteiger partial charge < -0.3 is 15.4 Å². The van der Waals surface area contributed by atoms with Gasteiger partial charge in [0.05, 0.1) is 5.02 Å². The van der Waals surface area contributed by atoms with Crippen molar-refractivity contribution in [2.24, 2.45) is 5.73 Å². The summed E-state index contributed by atoms with van der Waals surface area (Å²) < 4.78 is 20.2. The molecule has 0 aliphatic heterocycles. The highest BCUT2D eigenvalue weighted by Gasteiger charge is 2.18.